The van der Waals surface area contributed by atoms with Crippen LogP contribution in [0.3, 0.4) is 0 Å². The zero-order valence-electron chi connectivity index (χ0n) is 14.8. The van der Waals surface area contributed by atoms with Crippen LogP contribution in [-0.2, 0) is 4.79 Å². The summed E-state index contributed by atoms with van der Waals surface area (Å²) >= 11 is 0. The Labute approximate surface area is 160 Å². The van der Waals surface area contributed by atoms with Crippen LogP contribution in [0.2, 0.25) is 0 Å². The van der Waals surface area contributed by atoms with Crippen LogP contribution in [-0.4, -0.2) is 11.0 Å². The third-order valence-corrected chi connectivity index (χ3v) is 4.88. The Bertz CT molecular complexity index is 1240. The van der Waals surface area contributed by atoms with Gasteiger partial charge in [-0.3, -0.25) is 4.79 Å². The van der Waals surface area contributed by atoms with Crippen LogP contribution in [0.15, 0.2) is 83.6 Å². The molecule has 0 unspecified atom stereocenters. The van der Waals surface area contributed by atoms with Gasteiger partial charge in [-0.1, -0.05) is 36.4 Å². The van der Waals surface area contributed by atoms with Crippen molar-refractivity contribution in [1.29, 1.82) is 0 Å². The molecule has 1 aliphatic rings. The Morgan fingerprint density at radius 2 is 1.82 bits per heavy atom. The number of hydrogen-bond acceptors (Lipinski definition) is 4. The van der Waals surface area contributed by atoms with Crippen LogP contribution in [0.5, 0.6) is 5.75 Å². The van der Waals surface area contributed by atoms with E-state index in [-0.39, 0.29) is 11.7 Å². The number of carbonyl (C=O) groups is 1. The molecule has 2 heterocycles. The molecule has 136 valence electrons. The normalized spacial score (nSPS) is 14.3. The molecule has 0 atom stereocenters. The summed E-state index contributed by atoms with van der Waals surface area (Å²) in [7, 11) is 0. The molecule has 1 aromatic heterocycles. The quantitative estimate of drug-likeness (QED) is 0.343. The topological polar surface area (TPSA) is 74.5 Å². The van der Waals surface area contributed by atoms with Gasteiger partial charge in [0.2, 0.25) is 0 Å². The first-order chi connectivity index (χ1) is 13.7. The minimum atomic E-state index is -0.165. The summed E-state index contributed by atoms with van der Waals surface area (Å²) in [5.41, 5.74) is 3.86. The second kappa shape index (κ2) is 6.32. The molecule has 0 aliphatic carbocycles. The van der Waals surface area contributed by atoms with Crippen molar-refractivity contribution in [3.63, 3.8) is 0 Å². The smallest absolute Gasteiger partial charge is 0.257 e. The van der Waals surface area contributed by atoms with Gasteiger partial charge in [0.05, 0.1) is 11.8 Å². The van der Waals surface area contributed by atoms with E-state index in [1.165, 1.54) is 0 Å². The van der Waals surface area contributed by atoms with Gasteiger partial charge in [-0.25, -0.2) is 0 Å². The number of anilines is 2. The molecule has 0 saturated heterocycles. The molecule has 1 amide bonds. The molecule has 0 bridgehead atoms. The summed E-state index contributed by atoms with van der Waals surface area (Å²) in [5.74, 6) is 0.813. The van der Waals surface area contributed by atoms with Gasteiger partial charge in [0.1, 0.15) is 11.5 Å². The van der Waals surface area contributed by atoms with Gasteiger partial charge in [0.15, 0.2) is 0 Å². The zero-order valence-corrected chi connectivity index (χ0v) is 14.8. The monoisotopic (exact) mass is 368 g/mol. The average Bonchev–Trinajstić information content (AvgIpc) is 3.35. The number of nitrogens with one attached hydrogen (secondary N) is 2. The molecule has 5 rings (SSSR count). The van der Waals surface area contributed by atoms with Gasteiger partial charge < -0.3 is 20.2 Å². The minimum absolute atomic E-state index is 0.165. The first-order valence-corrected chi connectivity index (χ1v) is 8.88. The third kappa shape index (κ3) is 2.61. The van der Waals surface area contributed by atoms with E-state index in [1.807, 2.05) is 54.6 Å². The van der Waals surface area contributed by atoms with Crippen molar-refractivity contribution in [1.82, 2.24) is 0 Å². The Morgan fingerprint density at radius 3 is 2.64 bits per heavy atom. The fourth-order valence-corrected chi connectivity index (χ4v) is 3.49. The van der Waals surface area contributed by atoms with E-state index in [0.29, 0.717) is 5.57 Å². The molecule has 0 spiro atoms. The Morgan fingerprint density at radius 1 is 0.964 bits per heavy atom. The largest absolute Gasteiger partial charge is 0.507 e. The molecule has 3 N–H and O–H groups in total. The van der Waals surface area contributed by atoms with E-state index in [1.54, 1.807) is 24.6 Å². The zero-order chi connectivity index (χ0) is 19.1. The predicted molar refractivity (Wildman–Crippen MR) is 110 cm³/mol. The number of carbonyl (C=O) groups excluding carboxylic acids is 1. The second-order valence-corrected chi connectivity index (χ2v) is 6.57. The maximum absolute atomic E-state index is 12.5. The molecular weight excluding hydrogens is 352 g/mol. The van der Waals surface area contributed by atoms with Crippen LogP contribution in [0.25, 0.3) is 27.7 Å². The molecule has 1 aliphatic heterocycles. The lowest BCUT2D eigenvalue weighted by Gasteiger charge is -2.08. The fourth-order valence-electron chi connectivity index (χ4n) is 3.49. The summed E-state index contributed by atoms with van der Waals surface area (Å²) in [6.45, 7) is 0. The van der Waals surface area contributed by atoms with Crippen LogP contribution in [0.1, 0.15) is 5.56 Å². The number of phenolic OH excluding ortho intramolecular Hbond substituents is 1. The van der Waals surface area contributed by atoms with E-state index in [4.69, 9.17) is 4.42 Å². The van der Waals surface area contributed by atoms with E-state index < -0.39 is 0 Å². The van der Waals surface area contributed by atoms with E-state index >= 15 is 0 Å². The summed E-state index contributed by atoms with van der Waals surface area (Å²) in [6, 6.07) is 20.5. The Balaban J connectivity index is 1.51. The van der Waals surface area contributed by atoms with Crippen LogP contribution in [0, 0.1) is 0 Å². The maximum Gasteiger partial charge on any atom is 0.257 e. The molecule has 28 heavy (non-hydrogen) atoms. The number of rotatable bonds is 3. The van der Waals surface area contributed by atoms with Crippen LogP contribution in [0.4, 0.5) is 11.4 Å². The minimum Gasteiger partial charge on any atom is -0.507 e. The van der Waals surface area contributed by atoms with Crippen LogP contribution < -0.4 is 10.6 Å². The molecule has 5 nitrogen and oxygen atoms in total. The van der Waals surface area contributed by atoms with E-state index in [0.717, 1.165) is 39.0 Å². The predicted octanol–water partition coefficient (Wildman–Crippen LogP) is 5.21. The van der Waals surface area contributed by atoms with Gasteiger partial charge in [0.25, 0.3) is 5.91 Å². The number of amides is 1. The average molecular weight is 368 g/mol. The van der Waals surface area contributed by atoms with Gasteiger partial charge in [-0.05, 0) is 30.3 Å². The van der Waals surface area contributed by atoms with E-state index in [2.05, 4.69) is 10.6 Å². The highest BCUT2D eigenvalue weighted by Gasteiger charge is 2.24. The molecule has 3 aromatic carbocycles. The third-order valence-electron chi connectivity index (χ3n) is 4.88. The van der Waals surface area contributed by atoms with Gasteiger partial charge >= 0.3 is 0 Å². The lowest BCUT2D eigenvalue weighted by molar-refractivity contribution is -0.110. The van der Waals surface area contributed by atoms with Crippen molar-refractivity contribution < 1.29 is 14.3 Å². The fraction of sp³-hybridized carbons (Fsp3) is 0. The summed E-state index contributed by atoms with van der Waals surface area (Å²) in [6.07, 6.45) is 3.32. The van der Waals surface area contributed by atoms with Crippen molar-refractivity contribution in [2.75, 3.05) is 10.6 Å². The number of benzene rings is 3. The molecular formula is C23H16N2O3. The molecule has 0 radical (unpaired) electrons. The number of phenols is 1. The van der Waals surface area contributed by atoms with Gasteiger partial charge in [0, 0.05) is 39.5 Å². The highest BCUT2D eigenvalue weighted by molar-refractivity contribution is 6.32. The second-order valence-electron chi connectivity index (χ2n) is 6.57. The lowest BCUT2D eigenvalue weighted by Crippen LogP contribution is -2.05. The first-order valence-electron chi connectivity index (χ1n) is 8.88. The molecule has 0 fully saturated rings. The molecule has 0 saturated carbocycles. The standard InChI is InChI=1S/C23H16N2O3/c26-21-10-9-19(15-4-1-2-5-17(15)21)24-13-18-16-8-7-14(22-6-3-11-28-22)12-20(16)25-23(18)27/h1-13,24,26H,(H,25,27)/b18-13+. The number of hydrogen-bond donors (Lipinski definition) is 3. The number of fused-ring (bicyclic) bond motifs is 2. The van der Waals surface area contributed by atoms with Gasteiger partial charge in [-0.2, -0.15) is 0 Å². The first kappa shape index (κ1) is 16.2. The Kier molecular flexibility index (Phi) is 3.66. The highest BCUT2D eigenvalue weighted by Crippen LogP contribution is 2.36. The SMILES string of the molecule is O=C1Nc2cc(-c3ccco3)ccc2/C1=C\Nc1ccc(O)c2ccccc12. The maximum atomic E-state index is 12.5. The van der Waals surface area contributed by atoms with Crippen molar-refractivity contribution in [2.24, 2.45) is 0 Å². The summed E-state index contributed by atoms with van der Waals surface area (Å²) in [4.78, 5) is 12.5. The lowest BCUT2D eigenvalue weighted by atomic mass is 10.0. The van der Waals surface area contributed by atoms with Gasteiger partial charge in [-0.15, -0.1) is 0 Å². The summed E-state index contributed by atoms with van der Waals surface area (Å²) in [5, 5.41) is 17.8. The summed E-state index contributed by atoms with van der Waals surface area (Å²) < 4.78 is 5.43. The number of furan rings is 1. The van der Waals surface area contributed by atoms with Crippen molar-refractivity contribution in [3.05, 3.63) is 84.8 Å². The Hall–Kier alpha value is -3.99. The van der Waals surface area contributed by atoms with Crippen molar-refractivity contribution in [3.8, 4) is 17.1 Å². The van der Waals surface area contributed by atoms with E-state index in [9.17, 15) is 9.90 Å². The highest BCUT2D eigenvalue weighted by atomic mass is 16.3. The van der Waals surface area contributed by atoms with Crippen molar-refractivity contribution >= 4 is 33.6 Å². The van der Waals surface area contributed by atoms with Crippen LogP contribution >= 0.6 is 0 Å². The number of aromatic hydroxyl groups is 1. The molecule has 5 heteroatoms. The molecule has 4 aromatic rings. The van der Waals surface area contributed by atoms with Crippen molar-refractivity contribution in [2.45, 2.75) is 0 Å².